The average molecular weight is 291 g/mol. The van der Waals surface area contributed by atoms with Crippen LogP contribution in [-0.2, 0) is 0 Å². The van der Waals surface area contributed by atoms with Crippen LogP contribution in [0.25, 0.3) is 0 Å². The van der Waals surface area contributed by atoms with Gasteiger partial charge in [-0.05, 0) is 35.9 Å². The number of hydrogen-bond donors (Lipinski definition) is 1. The molecule has 1 N–H and O–H groups in total. The Morgan fingerprint density at radius 2 is 1.95 bits per heavy atom. The highest BCUT2D eigenvalue weighted by molar-refractivity contribution is 6.30. The summed E-state index contributed by atoms with van der Waals surface area (Å²) in [5.41, 5.74) is 1.77. The van der Waals surface area contributed by atoms with Crippen LogP contribution >= 0.6 is 11.6 Å². The van der Waals surface area contributed by atoms with Crippen molar-refractivity contribution in [3.05, 3.63) is 58.6 Å². The number of halogens is 1. The van der Waals surface area contributed by atoms with Gasteiger partial charge in [0.15, 0.2) is 0 Å². The maximum atomic E-state index is 10.3. The topological polar surface area (TPSA) is 38.7 Å². The molecule has 0 bridgehead atoms. The van der Waals surface area contributed by atoms with Crippen molar-refractivity contribution < 1.29 is 14.6 Å². The van der Waals surface area contributed by atoms with Gasteiger partial charge in [-0.15, -0.1) is 0 Å². The van der Waals surface area contributed by atoms with Crippen LogP contribution in [-0.4, -0.2) is 12.2 Å². The molecule has 1 aliphatic rings. The Kier molecular flexibility index (Phi) is 3.55. The largest absolute Gasteiger partial charge is 0.497 e. The van der Waals surface area contributed by atoms with Crippen LogP contribution in [0.3, 0.4) is 0 Å². The van der Waals surface area contributed by atoms with Crippen LogP contribution in [0.15, 0.2) is 42.5 Å². The summed E-state index contributed by atoms with van der Waals surface area (Å²) in [5.74, 6) is 1.49. The zero-order valence-corrected chi connectivity index (χ0v) is 11.8. The third-order valence-electron chi connectivity index (χ3n) is 3.52. The molecule has 3 rings (SSSR count). The van der Waals surface area contributed by atoms with Crippen molar-refractivity contribution in [2.24, 2.45) is 0 Å². The smallest absolute Gasteiger partial charge is 0.127 e. The normalized spacial score (nSPS) is 20.9. The third-order valence-corrected chi connectivity index (χ3v) is 3.76. The molecule has 3 nitrogen and oxygen atoms in total. The first-order valence-corrected chi connectivity index (χ1v) is 6.83. The second-order valence-corrected chi connectivity index (χ2v) is 5.25. The van der Waals surface area contributed by atoms with Crippen molar-refractivity contribution >= 4 is 11.6 Å². The predicted molar refractivity (Wildman–Crippen MR) is 77.4 cm³/mol. The van der Waals surface area contributed by atoms with E-state index in [1.807, 2.05) is 24.3 Å². The van der Waals surface area contributed by atoms with Crippen molar-refractivity contribution in [2.45, 2.75) is 18.6 Å². The number of hydrogen-bond acceptors (Lipinski definition) is 3. The molecule has 2 aromatic carbocycles. The van der Waals surface area contributed by atoms with Crippen LogP contribution in [0, 0.1) is 0 Å². The molecule has 1 aliphatic heterocycles. The van der Waals surface area contributed by atoms with Crippen LogP contribution < -0.4 is 9.47 Å². The van der Waals surface area contributed by atoms with Gasteiger partial charge in [0.1, 0.15) is 17.6 Å². The maximum Gasteiger partial charge on any atom is 0.127 e. The highest BCUT2D eigenvalue weighted by Gasteiger charge is 2.28. The number of methoxy groups -OCH3 is 1. The van der Waals surface area contributed by atoms with Crippen molar-refractivity contribution in [2.75, 3.05) is 7.11 Å². The number of rotatable bonds is 2. The lowest BCUT2D eigenvalue weighted by Gasteiger charge is -2.30. The molecule has 0 spiro atoms. The number of aliphatic hydroxyl groups is 1. The molecule has 0 saturated heterocycles. The molecule has 0 fully saturated rings. The van der Waals surface area contributed by atoms with Crippen molar-refractivity contribution in [3.63, 3.8) is 0 Å². The van der Waals surface area contributed by atoms with E-state index >= 15 is 0 Å². The first-order valence-electron chi connectivity index (χ1n) is 6.45. The van der Waals surface area contributed by atoms with E-state index in [9.17, 15) is 5.11 Å². The van der Waals surface area contributed by atoms with Crippen LogP contribution in [0.1, 0.15) is 29.8 Å². The summed E-state index contributed by atoms with van der Waals surface area (Å²) >= 11 is 5.95. The van der Waals surface area contributed by atoms with E-state index in [2.05, 4.69) is 0 Å². The van der Waals surface area contributed by atoms with Gasteiger partial charge in [0.2, 0.25) is 0 Å². The van der Waals surface area contributed by atoms with E-state index in [4.69, 9.17) is 21.1 Å². The summed E-state index contributed by atoms with van der Waals surface area (Å²) in [7, 11) is 1.63. The fourth-order valence-corrected chi connectivity index (χ4v) is 2.62. The molecule has 0 amide bonds. The molecule has 4 heteroatoms. The molecule has 1 heterocycles. The molecule has 104 valence electrons. The average Bonchev–Trinajstić information content (AvgIpc) is 2.48. The Labute approximate surface area is 122 Å². The summed E-state index contributed by atoms with van der Waals surface area (Å²) < 4.78 is 11.1. The molecular weight excluding hydrogens is 276 g/mol. The van der Waals surface area contributed by atoms with Gasteiger partial charge < -0.3 is 14.6 Å². The first-order chi connectivity index (χ1) is 9.67. The number of aliphatic hydroxyl groups excluding tert-OH is 1. The summed E-state index contributed by atoms with van der Waals surface area (Å²) in [6.07, 6.45) is -0.214. The Balaban J connectivity index is 1.88. The van der Waals surface area contributed by atoms with Gasteiger partial charge in [-0.2, -0.15) is 0 Å². The minimum Gasteiger partial charge on any atom is -0.497 e. The maximum absolute atomic E-state index is 10.3. The number of fused-ring (bicyclic) bond motifs is 1. The van der Waals surface area contributed by atoms with E-state index in [-0.39, 0.29) is 6.10 Å². The molecular formula is C16H15ClO3. The third kappa shape index (κ3) is 2.47. The fourth-order valence-electron chi connectivity index (χ4n) is 2.44. The zero-order valence-electron chi connectivity index (χ0n) is 11.0. The molecule has 2 atom stereocenters. The Morgan fingerprint density at radius 3 is 2.65 bits per heavy atom. The molecule has 20 heavy (non-hydrogen) atoms. The van der Waals surface area contributed by atoms with E-state index < -0.39 is 6.10 Å². The minimum atomic E-state index is -0.565. The van der Waals surface area contributed by atoms with E-state index in [1.54, 1.807) is 25.3 Å². The second-order valence-electron chi connectivity index (χ2n) is 4.81. The molecule has 0 radical (unpaired) electrons. The Morgan fingerprint density at radius 1 is 1.20 bits per heavy atom. The predicted octanol–water partition coefficient (Wildman–Crippen LogP) is 3.91. The molecule has 1 unspecified atom stereocenters. The molecule has 0 saturated carbocycles. The summed E-state index contributed by atoms with van der Waals surface area (Å²) in [4.78, 5) is 0. The Bertz CT molecular complexity index is 610. The number of benzene rings is 2. The van der Waals surface area contributed by atoms with E-state index in [0.717, 1.165) is 16.9 Å². The van der Waals surface area contributed by atoms with Crippen LogP contribution in [0.5, 0.6) is 11.5 Å². The highest BCUT2D eigenvalue weighted by atomic mass is 35.5. The monoisotopic (exact) mass is 290 g/mol. The lowest BCUT2D eigenvalue weighted by atomic mass is 9.95. The molecule has 0 aromatic heterocycles. The molecule has 2 aromatic rings. The molecule has 0 aliphatic carbocycles. The second kappa shape index (κ2) is 5.35. The van der Waals surface area contributed by atoms with E-state index in [0.29, 0.717) is 17.2 Å². The first kappa shape index (κ1) is 13.3. The number of ether oxygens (including phenoxy) is 2. The van der Waals surface area contributed by atoms with Gasteiger partial charge in [-0.1, -0.05) is 23.7 Å². The summed E-state index contributed by atoms with van der Waals surface area (Å²) in [6.45, 7) is 0. The van der Waals surface area contributed by atoms with Crippen LogP contribution in [0.4, 0.5) is 0 Å². The minimum absolute atomic E-state index is 0.162. The summed E-state index contributed by atoms with van der Waals surface area (Å²) in [5, 5.41) is 10.9. The van der Waals surface area contributed by atoms with Crippen molar-refractivity contribution in [3.8, 4) is 11.5 Å². The van der Waals surface area contributed by atoms with Gasteiger partial charge in [-0.3, -0.25) is 0 Å². The zero-order chi connectivity index (χ0) is 14.1. The lowest BCUT2D eigenvalue weighted by molar-refractivity contribution is 0.0657. The van der Waals surface area contributed by atoms with Gasteiger partial charge in [-0.25, -0.2) is 0 Å². The fraction of sp³-hybridized carbons (Fsp3) is 0.250. The van der Waals surface area contributed by atoms with Crippen molar-refractivity contribution in [1.82, 2.24) is 0 Å². The Hall–Kier alpha value is -1.71. The summed E-state index contributed by atoms with van der Waals surface area (Å²) in [6, 6.07) is 13.0. The van der Waals surface area contributed by atoms with Gasteiger partial charge in [0.05, 0.1) is 13.2 Å². The quantitative estimate of drug-likeness (QED) is 0.911. The van der Waals surface area contributed by atoms with Crippen LogP contribution in [0.2, 0.25) is 5.02 Å². The standard InChI is InChI=1S/C16H15ClO3/c1-19-12-5-2-10(3-6-12)16-9-14(18)13-8-11(17)4-7-15(13)20-16/h2-8,14,16,18H,9H2,1H3/t14-,16?/m0/s1. The van der Waals surface area contributed by atoms with Gasteiger partial charge in [0, 0.05) is 17.0 Å². The van der Waals surface area contributed by atoms with Crippen molar-refractivity contribution in [1.29, 1.82) is 0 Å². The van der Waals surface area contributed by atoms with E-state index in [1.165, 1.54) is 0 Å². The highest BCUT2D eigenvalue weighted by Crippen LogP contribution is 2.41. The van der Waals surface area contributed by atoms with Gasteiger partial charge >= 0.3 is 0 Å². The SMILES string of the molecule is COc1ccc(C2C[C@H](O)c3cc(Cl)ccc3O2)cc1. The van der Waals surface area contributed by atoms with Gasteiger partial charge in [0.25, 0.3) is 0 Å². The lowest BCUT2D eigenvalue weighted by Crippen LogP contribution is -2.18.